The third-order valence-electron chi connectivity index (χ3n) is 4.83. The number of carbonyl (C=O) groups excluding carboxylic acids is 2. The van der Waals surface area contributed by atoms with E-state index in [4.69, 9.17) is 4.74 Å². The van der Waals surface area contributed by atoms with Crippen LogP contribution in [-0.2, 0) is 4.79 Å². The van der Waals surface area contributed by atoms with E-state index in [0.29, 0.717) is 11.3 Å². The highest BCUT2D eigenvalue weighted by Crippen LogP contribution is 2.23. The van der Waals surface area contributed by atoms with E-state index in [1.165, 1.54) is 0 Å². The molecular formula is C22H26N2O3. The Morgan fingerprint density at radius 3 is 2.33 bits per heavy atom. The average Bonchev–Trinajstić information content (AvgIpc) is 2.68. The quantitative estimate of drug-likeness (QED) is 0.872. The van der Waals surface area contributed by atoms with E-state index in [2.05, 4.69) is 5.32 Å². The molecule has 2 aromatic rings. The van der Waals surface area contributed by atoms with Gasteiger partial charge in [0.1, 0.15) is 5.75 Å². The normalized spacial score (nSPS) is 13.9. The number of ether oxygens (including phenoxy) is 1. The molecule has 1 fully saturated rings. The molecule has 27 heavy (non-hydrogen) atoms. The van der Waals surface area contributed by atoms with Gasteiger partial charge >= 0.3 is 0 Å². The number of piperidine rings is 1. The van der Waals surface area contributed by atoms with Crippen molar-refractivity contribution in [2.24, 2.45) is 0 Å². The van der Waals surface area contributed by atoms with Crippen LogP contribution in [0.15, 0.2) is 42.5 Å². The summed E-state index contributed by atoms with van der Waals surface area (Å²) < 4.78 is 5.71. The molecule has 1 aliphatic heterocycles. The minimum absolute atomic E-state index is 0.0266. The first kappa shape index (κ1) is 19.0. The molecule has 3 rings (SSSR count). The Hall–Kier alpha value is -2.82. The number of amides is 2. The van der Waals surface area contributed by atoms with Crippen LogP contribution in [0.5, 0.6) is 5.75 Å². The van der Waals surface area contributed by atoms with Gasteiger partial charge in [-0.25, -0.2) is 0 Å². The van der Waals surface area contributed by atoms with Crippen LogP contribution in [-0.4, -0.2) is 36.4 Å². The molecule has 0 aliphatic carbocycles. The van der Waals surface area contributed by atoms with E-state index in [9.17, 15) is 9.59 Å². The number of anilines is 1. The Kier molecular flexibility index (Phi) is 6.12. The summed E-state index contributed by atoms with van der Waals surface area (Å²) in [5.41, 5.74) is 3.04. The second-order valence-electron chi connectivity index (χ2n) is 6.96. The van der Waals surface area contributed by atoms with E-state index in [1.807, 2.05) is 49.1 Å². The number of carbonyl (C=O) groups is 2. The molecule has 0 unspecified atom stereocenters. The van der Waals surface area contributed by atoms with Crippen LogP contribution < -0.4 is 10.1 Å². The molecule has 0 saturated carbocycles. The molecule has 1 aliphatic rings. The van der Waals surface area contributed by atoms with Gasteiger partial charge < -0.3 is 15.0 Å². The molecule has 0 aromatic heterocycles. The molecular weight excluding hydrogens is 340 g/mol. The highest BCUT2D eigenvalue weighted by atomic mass is 16.5. The number of nitrogens with one attached hydrogen (secondary N) is 1. The largest absolute Gasteiger partial charge is 0.483 e. The van der Waals surface area contributed by atoms with Gasteiger partial charge in [0.2, 0.25) is 0 Å². The van der Waals surface area contributed by atoms with Crippen molar-refractivity contribution in [3.63, 3.8) is 0 Å². The molecule has 0 atom stereocenters. The van der Waals surface area contributed by atoms with Gasteiger partial charge in [0.15, 0.2) is 6.61 Å². The first-order valence-corrected chi connectivity index (χ1v) is 9.43. The molecule has 2 aromatic carbocycles. The summed E-state index contributed by atoms with van der Waals surface area (Å²) in [6, 6.07) is 13.0. The minimum Gasteiger partial charge on any atom is -0.483 e. The van der Waals surface area contributed by atoms with Gasteiger partial charge in [-0.1, -0.05) is 30.3 Å². The van der Waals surface area contributed by atoms with E-state index in [-0.39, 0.29) is 18.4 Å². The number of hydrogen-bond acceptors (Lipinski definition) is 3. The van der Waals surface area contributed by atoms with Crippen molar-refractivity contribution >= 4 is 17.5 Å². The van der Waals surface area contributed by atoms with Crippen molar-refractivity contribution in [2.75, 3.05) is 25.0 Å². The van der Waals surface area contributed by atoms with E-state index in [0.717, 1.165) is 49.2 Å². The number of rotatable bonds is 5. The Bertz CT molecular complexity index is 806. The fraction of sp³-hybridized carbons (Fsp3) is 0.364. The summed E-state index contributed by atoms with van der Waals surface area (Å²) in [4.78, 5) is 27.1. The fourth-order valence-electron chi connectivity index (χ4n) is 3.40. The maximum absolute atomic E-state index is 12.8. The highest BCUT2D eigenvalue weighted by molar-refractivity contribution is 6.04. The van der Waals surface area contributed by atoms with Crippen LogP contribution in [0.3, 0.4) is 0 Å². The summed E-state index contributed by atoms with van der Waals surface area (Å²) >= 11 is 0. The van der Waals surface area contributed by atoms with Gasteiger partial charge in [-0.2, -0.15) is 0 Å². The van der Waals surface area contributed by atoms with Crippen LogP contribution in [0, 0.1) is 13.8 Å². The van der Waals surface area contributed by atoms with Gasteiger partial charge in [-0.3, -0.25) is 9.59 Å². The average molecular weight is 366 g/mol. The predicted octanol–water partition coefficient (Wildman–Crippen LogP) is 3.95. The standard InChI is InChI=1S/C22H26N2O3/c1-16-9-8-10-17(2)21(16)27-15-20(25)23-19-12-5-4-11-18(19)22(26)24-13-6-3-7-14-24/h4-5,8-12H,3,6-7,13-15H2,1-2H3,(H,23,25). The maximum Gasteiger partial charge on any atom is 0.262 e. The maximum atomic E-state index is 12.8. The van der Waals surface area contributed by atoms with Crippen molar-refractivity contribution in [3.05, 3.63) is 59.2 Å². The summed E-state index contributed by atoms with van der Waals surface area (Å²) in [7, 11) is 0. The van der Waals surface area contributed by atoms with Crippen molar-refractivity contribution in [1.82, 2.24) is 4.90 Å². The van der Waals surface area contributed by atoms with Crippen LogP contribution in [0.4, 0.5) is 5.69 Å². The second kappa shape index (κ2) is 8.71. The van der Waals surface area contributed by atoms with Gasteiger partial charge in [0.05, 0.1) is 11.3 Å². The topological polar surface area (TPSA) is 58.6 Å². The van der Waals surface area contributed by atoms with Crippen molar-refractivity contribution in [2.45, 2.75) is 33.1 Å². The monoisotopic (exact) mass is 366 g/mol. The SMILES string of the molecule is Cc1cccc(C)c1OCC(=O)Nc1ccccc1C(=O)N1CCCCC1. The van der Waals surface area contributed by atoms with Crippen LogP contribution >= 0.6 is 0 Å². The highest BCUT2D eigenvalue weighted by Gasteiger charge is 2.21. The summed E-state index contributed by atoms with van der Waals surface area (Å²) in [6.07, 6.45) is 3.23. The molecule has 5 nitrogen and oxygen atoms in total. The van der Waals surface area contributed by atoms with Crippen molar-refractivity contribution in [3.8, 4) is 5.75 Å². The smallest absolute Gasteiger partial charge is 0.262 e. The minimum atomic E-state index is -0.281. The van der Waals surface area contributed by atoms with E-state index < -0.39 is 0 Å². The zero-order valence-corrected chi connectivity index (χ0v) is 16.0. The van der Waals surface area contributed by atoms with Gasteiger partial charge in [0, 0.05) is 13.1 Å². The number of likely N-dealkylation sites (tertiary alicyclic amines) is 1. The zero-order chi connectivity index (χ0) is 19.2. The Labute approximate surface area is 160 Å². The van der Waals surface area contributed by atoms with Gasteiger partial charge in [0.25, 0.3) is 11.8 Å². The number of benzene rings is 2. The number of para-hydroxylation sites is 2. The van der Waals surface area contributed by atoms with Gasteiger partial charge in [-0.05, 0) is 56.4 Å². The molecule has 5 heteroatoms. The van der Waals surface area contributed by atoms with Crippen LogP contribution in [0.25, 0.3) is 0 Å². The molecule has 1 heterocycles. The first-order valence-electron chi connectivity index (χ1n) is 9.43. The lowest BCUT2D eigenvalue weighted by Gasteiger charge is -2.27. The Morgan fingerprint density at radius 2 is 1.63 bits per heavy atom. The molecule has 2 amide bonds. The molecule has 1 N–H and O–H groups in total. The predicted molar refractivity (Wildman–Crippen MR) is 106 cm³/mol. The third-order valence-corrected chi connectivity index (χ3v) is 4.83. The fourth-order valence-corrected chi connectivity index (χ4v) is 3.40. The number of hydrogen-bond donors (Lipinski definition) is 1. The van der Waals surface area contributed by atoms with Crippen LogP contribution in [0.1, 0.15) is 40.7 Å². The lowest BCUT2D eigenvalue weighted by molar-refractivity contribution is -0.118. The van der Waals surface area contributed by atoms with E-state index >= 15 is 0 Å². The third kappa shape index (κ3) is 4.67. The zero-order valence-electron chi connectivity index (χ0n) is 16.0. The van der Waals surface area contributed by atoms with Crippen molar-refractivity contribution in [1.29, 1.82) is 0 Å². The second-order valence-corrected chi connectivity index (χ2v) is 6.96. The first-order chi connectivity index (χ1) is 13.1. The molecule has 142 valence electrons. The summed E-state index contributed by atoms with van der Waals surface area (Å²) in [5.74, 6) is 0.420. The Balaban J connectivity index is 1.66. The van der Waals surface area contributed by atoms with E-state index in [1.54, 1.807) is 12.1 Å². The molecule has 0 bridgehead atoms. The number of aryl methyl sites for hydroxylation is 2. The molecule has 0 radical (unpaired) electrons. The van der Waals surface area contributed by atoms with Crippen molar-refractivity contribution < 1.29 is 14.3 Å². The van der Waals surface area contributed by atoms with Crippen LogP contribution in [0.2, 0.25) is 0 Å². The summed E-state index contributed by atoms with van der Waals surface area (Å²) in [5, 5.41) is 2.83. The number of nitrogens with zero attached hydrogens (tertiary/aromatic N) is 1. The molecule has 1 saturated heterocycles. The summed E-state index contributed by atoms with van der Waals surface area (Å²) in [6.45, 7) is 5.35. The Morgan fingerprint density at radius 1 is 0.963 bits per heavy atom. The molecule has 0 spiro atoms. The lowest BCUT2D eigenvalue weighted by atomic mass is 10.1. The van der Waals surface area contributed by atoms with Gasteiger partial charge in [-0.15, -0.1) is 0 Å². The lowest BCUT2D eigenvalue weighted by Crippen LogP contribution is -2.36.